The molecule has 20 heavy (non-hydrogen) atoms. The van der Waals surface area contributed by atoms with Crippen LogP contribution >= 0.6 is 34.8 Å². The van der Waals surface area contributed by atoms with Gasteiger partial charge in [-0.1, -0.05) is 53.9 Å². The van der Waals surface area contributed by atoms with E-state index in [-0.39, 0.29) is 6.04 Å². The van der Waals surface area contributed by atoms with E-state index < -0.39 is 0 Å². The van der Waals surface area contributed by atoms with Crippen LogP contribution in [0.2, 0.25) is 15.1 Å². The molecular formula is C16H16Cl3N. The molecule has 0 radical (unpaired) electrons. The number of hydrogen-bond acceptors (Lipinski definition) is 1. The average Bonchev–Trinajstić information content (AvgIpc) is 2.43. The van der Waals surface area contributed by atoms with Gasteiger partial charge < -0.3 is 5.32 Å². The van der Waals surface area contributed by atoms with E-state index >= 15 is 0 Å². The summed E-state index contributed by atoms with van der Waals surface area (Å²) in [7, 11) is 0. The van der Waals surface area contributed by atoms with Crippen LogP contribution in [0.25, 0.3) is 0 Å². The first-order valence-corrected chi connectivity index (χ1v) is 7.66. The van der Waals surface area contributed by atoms with Crippen molar-refractivity contribution in [1.82, 2.24) is 5.32 Å². The smallest absolute Gasteiger partial charge is 0.0451 e. The Hall–Kier alpha value is -0.730. The van der Waals surface area contributed by atoms with Crippen molar-refractivity contribution in [3.63, 3.8) is 0 Å². The summed E-state index contributed by atoms with van der Waals surface area (Å²) in [5.41, 5.74) is 2.18. The first-order valence-electron chi connectivity index (χ1n) is 6.53. The van der Waals surface area contributed by atoms with Crippen LogP contribution in [0.5, 0.6) is 0 Å². The van der Waals surface area contributed by atoms with Crippen LogP contribution in [-0.2, 0) is 6.54 Å². The summed E-state index contributed by atoms with van der Waals surface area (Å²) >= 11 is 18.2. The van der Waals surface area contributed by atoms with Gasteiger partial charge in [0.05, 0.1) is 0 Å². The molecule has 0 aliphatic carbocycles. The van der Waals surface area contributed by atoms with Gasteiger partial charge in [-0.05, 0) is 47.9 Å². The zero-order valence-electron chi connectivity index (χ0n) is 11.2. The molecule has 1 unspecified atom stereocenters. The van der Waals surface area contributed by atoms with Gasteiger partial charge in [-0.2, -0.15) is 0 Å². The molecule has 1 nitrogen and oxygen atoms in total. The molecule has 0 aromatic heterocycles. The Morgan fingerprint density at radius 1 is 1.00 bits per heavy atom. The molecule has 2 aromatic rings. The molecule has 1 atom stereocenters. The van der Waals surface area contributed by atoms with Crippen molar-refractivity contribution < 1.29 is 0 Å². The Morgan fingerprint density at radius 3 is 2.45 bits per heavy atom. The van der Waals surface area contributed by atoms with Crippen molar-refractivity contribution in [3.8, 4) is 0 Å². The van der Waals surface area contributed by atoms with Crippen molar-refractivity contribution >= 4 is 34.8 Å². The summed E-state index contributed by atoms with van der Waals surface area (Å²) in [5.74, 6) is 0. The lowest BCUT2D eigenvalue weighted by molar-refractivity contribution is 0.519. The second-order valence-corrected chi connectivity index (χ2v) is 5.91. The van der Waals surface area contributed by atoms with Crippen LogP contribution in [0.15, 0.2) is 42.5 Å². The SMILES string of the molecule is CCC(NCc1cc(Cl)ccc1Cl)c1cccc(Cl)c1. The molecule has 1 N–H and O–H groups in total. The maximum atomic E-state index is 6.17. The molecule has 0 bridgehead atoms. The van der Waals surface area contributed by atoms with Crippen molar-refractivity contribution in [1.29, 1.82) is 0 Å². The van der Waals surface area contributed by atoms with Gasteiger partial charge in [-0.3, -0.25) is 0 Å². The van der Waals surface area contributed by atoms with E-state index in [1.165, 1.54) is 5.56 Å². The van der Waals surface area contributed by atoms with Gasteiger partial charge >= 0.3 is 0 Å². The lowest BCUT2D eigenvalue weighted by Crippen LogP contribution is -2.20. The van der Waals surface area contributed by atoms with Crippen LogP contribution < -0.4 is 5.32 Å². The number of rotatable bonds is 5. The molecule has 0 heterocycles. The molecule has 2 rings (SSSR count). The minimum absolute atomic E-state index is 0.240. The zero-order chi connectivity index (χ0) is 14.5. The van der Waals surface area contributed by atoms with Crippen molar-refractivity contribution in [2.45, 2.75) is 25.9 Å². The summed E-state index contributed by atoms with van der Waals surface area (Å²) in [6.07, 6.45) is 0.971. The maximum absolute atomic E-state index is 6.17. The van der Waals surface area contributed by atoms with Crippen LogP contribution in [0.4, 0.5) is 0 Å². The predicted molar refractivity (Wildman–Crippen MR) is 87.8 cm³/mol. The number of halogens is 3. The Kier molecular flexibility index (Phi) is 5.74. The lowest BCUT2D eigenvalue weighted by Gasteiger charge is -2.18. The van der Waals surface area contributed by atoms with E-state index in [0.29, 0.717) is 11.6 Å². The molecule has 0 saturated carbocycles. The molecule has 0 aliphatic rings. The summed E-state index contributed by atoms with van der Waals surface area (Å²) < 4.78 is 0. The van der Waals surface area contributed by atoms with E-state index in [0.717, 1.165) is 22.0 Å². The largest absolute Gasteiger partial charge is 0.306 e. The number of benzene rings is 2. The Morgan fingerprint density at radius 2 is 1.75 bits per heavy atom. The lowest BCUT2D eigenvalue weighted by atomic mass is 10.0. The molecule has 0 saturated heterocycles. The fourth-order valence-electron chi connectivity index (χ4n) is 2.13. The fraction of sp³-hybridized carbons (Fsp3) is 0.250. The molecule has 0 aliphatic heterocycles. The van der Waals surface area contributed by atoms with Gasteiger partial charge in [-0.25, -0.2) is 0 Å². The Bertz CT molecular complexity index is 584. The Balaban J connectivity index is 2.09. The molecule has 0 spiro atoms. The Labute approximate surface area is 134 Å². The third-order valence-corrected chi connectivity index (χ3v) is 4.04. The average molecular weight is 329 g/mol. The topological polar surface area (TPSA) is 12.0 Å². The van der Waals surface area contributed by atoms with Crippen LogP contribution in [-0.4, -0.2) is 0 Å². The van der Waals surface area contributed by atoms with Gasteiger partial charge in [0.1, 0.15) is 0 Å². The van der Waals surface area contributed by atoms with E-state index in [2.05, 4.69) is 18.3 Å². The van der Waals surface area contributed by atoms with Crippen molar-refractivity contribution in [2.24, 2.45) is 0 Å². The molecule has 2 aromatic carbocycles. The number of hydrogen-bond donors (Lipinski definition) is 1. The number of nitrogens with one attached hydrogen (secondary N) is 1. The van der Waals surface area contributed by atoms with E-state index in [1.54, 1.807) is 6.07 Å². The first kappa shape index (κ1) is 15.7. The molecule has 0 fully saturated rings. The van der Waals surface area contributed by atoms with Crippen LogP contribution in [0.1, 0.15) is 30.5 Å². The van der Waals surface area contributed by atoms with E-state index in [9.17, 15) is 0 Å². The van der Waals surface area contributed by atoms with Gasteiger partial charge in [0.25, 0.3) is 0 Å². The monoisotopic (exact) mass is 327 g/mol. The minimum Gasteiger partial charge on any atom is -0.306 e. The highest BCUT2D eigenvalue weighted by atomic mass is 35.5. The molecule has 0 amide bonds. The zero-order valence-corrected chi connectivity index (χ0v) is 13.4. The quantitative estimate of drug-likeness (QED) is 0.722. The predicted octanol–water partition coefficient (Wildman–Crippen LogP) is 5.89. The fourth-order valence-corrected chi connectivity index (χ4v) is 2.71. The first-order chi connectivity index (χ1) is 9.60. The van der Waals surface area contributed by atoms with Crippen molar-refractivity contribution in [3.05, 3.63) is 68.7 Å². The van der Waals surface area contributed by atoms with Crippen LogP contribution in [0, 0.1) is 0 Å². The van der Waals surface area contributed by atoms with Crippen molar-refractivity contribution in [2.75, 3.05) is 0 Å². The third-order valence-electron chi connectivity index (χ3n) is 3.21. The normalized spacial score (nSPS) is 12.4. The highest BCUT2D eigenvalue weighted by Crippen LogP contribution is 2.24. The van der Waals surface area contributed by atoms with Gasteiger partial charge in [0, 0.05) is 27.7 Å². The summed E-state index contributed by atoms with van der Waals surface area (Å²) in [4.78, 5) is 0. The molecule has 4 heteroatoms. The molecule has 106 valence electrons. The van der Waals surface area contributed by atoms with Crippen LogP contribution in [0.3, 0.4) is 0 Å². The third kappa shape index (κ3) is 4.13. The van der Waals surface area contributed by atoms with Gasteiger partial charge in [-0.15, -0.1) is 0 Å². The van der Waals surface area contributed by atoms with Gasteiger partial charge in [0.2, 0.25) is 0 Å². The summed E-state index contributed by atoms with van der Waals surface area (Å²) in [6, 6.07) is 13.7. The summed E-state index contributed by atoms with van der Waals surface area (Å²) in [5, 5.41) is 5.67. The second kappa shape index (κ2) is 7.33. The standard InChI is InChI=1S/C16H16Cl3N/c1-2-16(11-4-3-5-13(17)8-11)20-10-12-9-14(18)6-7-15(12)19/h3-9,16,20H,2,10H2,1H3. The second-order valence-electron chi connectivity index (χ2n) is 4.63. The minimum atomic E-state index is 0.240. The van der Waals surface area contributed by atoms with Gasteiger partial charge in [0.15, 0.2) is 0 Å². The van der Waals surface area contributed by atoms with E-state index in [1.807, 2.05) is 30.3 Å². The van der Waals surface area contributed by atoms with E-state index in [4.69, 9.17) is 34.8 Å². The summed E-state index contributed by atoms with van der Waals surface area (Å²) in [6.45, 7) is 2.81. The molecular weight excluding hydrogens is 313 g/mol. The highest BCUT2D eigenvalue weighted by molar-refractivity contribution is 6.33. The highest BCUT2D eigenvalue weighted by Gasteiger charge is 2.10. The maximum Gasteiger partial charge on any atom is 0.0451 e.